The lowest BCUT2D eigenvalue weighted by Crippen LogP contribution is -2.39. The van der Waals surface area contributed by atoms with Gasteiger partial charge in [0.2, 0.25) is 5.91 Å². The summed E-state index contributed by atoms with van der Waals surface area (Å²) < 4.78 is 5.38. The Morgan fingerprint density at radius 2 is 2.07 bits per heavy atom. The average molecular weight is 397 g/mol. The van der Waals surface area contributed by atoms with Crippen LogP contribution in [0.25, 0.3) is 11.6 Å². The number of benzene rings is 1. The van der Waals surface area contributed by atoms with Gasteiger partial charge >= 0.3 is 0 Å². The number of amides is 1. The Morgan fingerprint density at radius 1 is 1.21 bits per heavy atom. The third kappa shape index (κ3) is 4.39. The molecule has 144 valence electrons. The molecule has 1 aliphatic heterocycles. The minimum Gasteiger partial charge on any atom is -0.342 e. The zero-order chi connectivity index (χ0) is 19.3. The van der Waals surface area contributed by atoms with Gasteiger partial charge in [0.15, 0.2) is 5.82 Å². The number of aryl methyl sites for hydroxylation is 1. The van der Waals surface area contributed by atoms with Gasteiger partial charge in [-0.3, -0.25) is 9.78 Å². The number of halogens is 1. The van der Waals surface area contributed by atoms with Gasteiger partial charge in [0, 0.05) is 36.6 Å². The second kappa shape index (κ2) is 8.52. The van der Waals surface area contributed by atoms with Crippen LogP contribution in [0.4, 0.5) is 0 Å². The molecule has 0 radical (unpaired) electrons. The van der Waals surface area contributed by atoms with Crippen molar-refractivity contribution in [2.24, 2.45) is 0 Å². The van der Waals surface area contributed by atoms with Gasteiger partial charge in [0.05, 0.1) is 0 Å². The van der Waals surface area contributed by atoms with Crippen molar-refractivity contribution in [1.82, 2.24) is 20.0 Å². The SMILES string of the molecule is O=C(CCc1ccc(Cl)cc1)N1CCC[C@@H](c2noc(-c3ccccn3)n2)C1. The fraction of sp³-hybridized carbons (Fsp3) is 0.333. The molecule has 0 aliphatic carbocycles. The number of hydrogen-bond donors (Lipinski definition) is 0. The highest BCUT2D eigenvalue weighted by Gasteiger charge is 2.28. The maximum Gasteiger partial charge on any atom is 0.276 e. The molecule has 1 amide bonds. The predicted molar refractivity (Wildman–Crippen MR) is 106 cm³/mol. The van der Waals surface area contributed by atoms with Crippen LogP contribution in [0.1, 0.15) is 36.6 Å². The van der Waals surface area contributed by atoms with Crippen LogP contribution in [0.15, 0.2) is 53.2 Å². The quantitative estimate of drug-likeness (QED) is 0.648. The summed E-state index contributed by atoms with van der Waals surface area (Å²) in [5, 5.41) is 4.84. The maximum atomic E-state index is 12.7. The van der Waals surface area contributed by atoms with E-state index >= 15 is 0 Å². The van der Waals surface area contributed by atoms with Crippen molar-refractivity contribution in [3.8, 4) is 11.6 Å². The molecule has 0 spiro atoms. The molecule has 0 bridgehead atoms. The van der Waals surface area contributed by atoms with Crippen LogP contribution in [0, 0.1) is 0 Å². The second-order valence-electron chi connectivity index (χ2n) is 6.98. The topological polar surface area (TPSA) is 72.1 Å². The zero-order valence-corrected chi connectivity index (χ0v) is 16.2. The Bertz CT molecular complexity index is 927. The number of pyridine rings is 1. The summed E-state index contributed by atoms with van der Waals surface area (Å²) in [5.41, 5.74) is 1.78. The number of likely N-dealkylation sites (tertiary alicyclic amines) is 1. The fourth-order valence-corrected chi connectivity index (χ4v) is 3.59. The summed E-state index contributed by atoms with van der Waals surface area (Å²) in [6.07, 6.45) is 4.77. The van der Waals surface area contributed by atoms with Crippen LogP contribution in [0.5, 0.6) is 0 Å². The normalized spacial score (nSPS) is 16.9. The number of carbonyl (C=O) groups excluding carboxylic acids is 1. The van der Waals surface area contributed by atoms with E-state index < -0.39 is 0 Å². The molecule has 1 aliphatic rings. The third-order valence-corrected chi connectivity index (χ3v) is 5.26. The number of aromatic nitrogens is 3. The highest BCUT2D eigenvalue weighted by molar-refractivity contribution is 6.30. The molecule has 0 N–H and O–H groups in total. The van der Waals surface area contributed by atoms with E-state index in [-0.39, 0.29) is 11.8 Å². The van der Waals surface area contributed by atoms with Crippen LogP contribution >= 0.6 is 11.6 Å². The van der Waals surface area contributed by atoms with E-state index in [1.807, 2.05) is 47.4 Å². The lowest BCUT2D eigenvalue weighted by molar-refractivity contribution is -0.132. The molecule has 7 heteroatoms. The molecule has 4 rings (SSSR count). The molecule has 1 atom stereocenters. The molecule has 6 nitrogen and oxygen atoms in total. The Morgan fingerprint density at radius 3 is 2.86 bits per heavy atom. The van der Waals surface area contributed by atoms with Crippen molar-refractivity contribution in [2.75, 3.05) is 13.1 Å². The van der Waals surface area contributed by atoms with Gasteiger partial charge in [-0.2, -0.15) is 4.98 Å². The zero-order valence-electron chi connectivity index (χ0n) is 15.4. The molecule has 1 aromatic carbocycles. The number of rotatable bonds is 5. The summed E-state index contributed by atoms with van der Waals surface area (Å²) >= 11 is 5.91. The molecule has 3 heterocycles. The van der Waals surface area contributed by atoms with E-state index in [9.17, 15) is 4.79 Å². The first-order valence-electron chi connectivity index (χ1n) is 9.46. The number of carbonyl (C=O) groups is 1. The molecule has 2 aromatic heterocycles. The van der Waals surface area contributed by atoms with E-state index in [0.29, 0.717) is 41.8 Å². The van der Waals surface area contributed by atoms with Crippen molar-refractivity contribution >= 4 is 17.5 Å². The molecular weight excluding hydrogens is 376 g/mol. The van der Waals surface area contributed by atoms with Crippen LogP contribution < -0.4 is 0 Å². The highest BCUT2D eigenvalue weighted by atomic mass is 35.5. The Kier molecular flexibility index (Phi) is 5.67. The summed E-state index contributed by atoms with van der Waals surface area (Å²) in [4.78, 5) is 23.3. The summed E-state index contributed by atoms with van der Waals surface area (Å²) in [6, 6.07) is 13.2. The molecular formula is C21H21ClN4O2. The molecule has 28 heavy (non-hydrogen) atoms. The van der Waals surface area contributed by atoms with Gasteiger partial charge in [-0.1, -0.05) is 35.0 Å². The standard InChI is InChI=1S/C21H21ClN4O2/c22-17-9-6-15(7-10-17)8-11-19(27)26-13-3-4-16(14-26)20-24-21(28-25-20)18-5-1-2-12-23-18/h1-2,5-7,9-10,12,16H,3-4,8,11,13-14H2/t16-/m1/s1. The monoisotopic (exact) mass is 396 g/mol. The largest absolute Gasteiger partial charge is 0.342 e. The van der Waals surface area contributed by atoms with Crippen molar-refractivity contribution in [3.63, 3.8) is 0 Å². The van der Waals surface area contributed by atoms with Gasteiger partial charge in [-0.15, -0.1) is 0 Å². The summed E-state index contributed by atoms with van der Waals surface area (Å²) in [7, 11) is 0. The summed E-state index contributed by atoms with van der Waals surface area (Å²) in [5.74, 6) is 1.32. The smallest absolute Gasteiger partial charge is 0.276 e. The lowest BCUT2D eigenvalue weighted by atomic mass is 9.97. The molecule has 1 fully saturated rings. The molecule has 3 aromatic rings. The van der Waals surface area contributed by atoms with Gasteiger partial charge in [-0.05, 0) is 49.1 Å². The Labute approximate surface area is 168 Å². The van der Waals surface area contributed by atoms with E-state index in [1.165, 1.54) is 0 Å². The first-order chi connectivity index (χ1) is 13.7. The third-order valence-electron chi connectivity index (χ3n) is 5.01. The highest BCUT2D eigenvalue weighted by Crippen LogP contribution is 2.27. The number of piperidine rings is 1. The first-order valence-corrected chi connectivity index (χ1v) is 9.84. The molecule has 0 unspecified atom stereocenters. The minimum atomic E-state index is 0.0921. The van der Waals surface area contributed by atoms with Gasteiger partial charge in [-0.25, -0.2) is 0 Å². The second-order valence-corrected chi connectivity index (χ2v) is 7.41. The first kappa shape index (κ1) is 18.6. The number of nitrogens with zero attached hydrogens (tertiary/aromatic N) is 4. The maximum absolute atomic E-state index is 12.7. The molecule has 0 saturated carbocycles. The summed E-state index contributed by atoms with van der Waals surface area (Å²) in [6.45, 7) is 1.40. The van der Waals surface area contributed by atoms with E-state index in [0.717, 1.165) is 24.9 Å². The van der Waals surface area contributed by atoms with Crippen molar-refractivity contribution in [3.05, 3.63) is 65.1 Å². The predicted octanol–water partition coefficient (Wildman–Crippen LogP) is 4.12. The van der Waals surface area contributed by atoms with Crippen LogP contribution in [-0.4, -0.2) is 39.0 Å². The van der Waals surface area contributed by atoms with E-state index in [4.69, 9.17) is 16.1 Å². The van der Waals surface area contributed by atoms with Gasteiger partial charge < -0.3 is 9.42 Å². The van der Waals surface area contributed by atoms with Crippen molar-refractivity contribution in [2.45, 2.75) is 31.6 Å². The fourth-order valence-electron chi connectivity index (χ4n) is 3.47. The Balaban J connectivity index is 1.37. The van der Waals surface area contributed by atoms with Gasteiger partial charge in [0.1, 0.15) is 5.69 Å². The van der Waals surface area contributed by atoms with E-state index in [1.54, 1.807) is 6.20 Å². The Hall–Kier alpha value is -2.73. The lowest BCUT2D eigenvalue weighted by Gasteiger charge is -2.31. The van der Waals surface area contributed by atoms with E-state index in [2.05, 4.69) is 15.1 Å². The van der Waals surface area contributed by atoms with Crippen molar-refractivity contribution < 1.29 is 9.32 Å². The average Bonchev–Trinajstić information content (AvgIpc) is 3.24. The van der Waals surface area contributed by atoms with Crippen LogP contribution in [0.3, 0.4) is 0 Å². The van der Waals surface area contributed by atoms with Gasteiger partial charge in [0.25, 0.3) is 5.89 Å². The van der Waals surface area contributed by atoms with Crippen LogP contribution in [-0.2, 0) is 11.2 Å². The van der Waals surface area contributed by atoms with Crippen molar-refractivity contribution in [1.29, 1.82) is 0 Å². The number of hydrogen-bond acceptors (Lipinski definition) is 5. The minimum absolute atomic E-state index is 0.0921. The molecule has 1 saturated heterocycles. The van der Waals surface area contributed by atoms with Crippen LogP contribution in [0.2, 0.25) is 5.02 Å².